The molecule has 3 heteroatoms. The van der Waals surface area contributed by atoms with Gasteiger partial charge in [0.15, 0.2) is 0 Å². The van der Waals surface area contributed by atoms with Crippen LogP contribution in [0.4, 0.5) is 0 Å². The highest BCUT2D eigenvalue weighted by Crippen LogP contribution is 2.14. The summed E-state index contributed by atoms with van der Waals surface area (Å²) in [4.78, 5) is 2.12. The third kappa shape index (κ3) is 2.59. The van der Waals surface area contributed by atoms with Crippen LogP contribution in [0.3, 0.4) is 0 Å². The van der Waals surface area contributed by atoms with Crippen molar-refractivity contribution < 1.29 is 5.11 Å². The van der Waals surface area contributed by atoms with E-state index < -0.39 is 0 Å². The van der Waals surface area contributed by atoms with E-state index in [0.717, 1.165) is 13.1 Å². The molecule has 68 valence electrons. The first-order valence-electron chi connectivity index (χ1n) is 4.05. The summed E-state index contributed by atoms with van der Waals surface area (Å²) in [6.07, 6.45) is 0. The third-order valence-electron chi connectivity index (χ3n) is 1.88. The van der Waals surface area contributed by atoms with Crippen molar-refractivity contribution >= 4 is 11.3 Å². The molecular weight excluding hydrogens is 170 g/mol. The molecular formula is C9H15NOS. The number of aliphatic hydroxyl groups is 1. The van der Waals surface area contributed by atoms with E-state index in [2.05, 4.69) is 22.6 Å². The van der Waals surface area contributed by atoms with Crippen LogP contribution >= 0.6 is 11.3 Å². The van der Waals surface area contributed by atoms with Crippen LogP contribution in [0.25, 0.3) is 0 Å². The highest BCUT2D eigenvalue weighted by atomic mass is 32.1. The molecule has 1 aromatic heterocycles. The van der Waals surface area contributed by atoms with Crippen LogP contribution in [-0.4, -0.2) is 30.2 Å². The number of likely N-dealkylation sites (N-methyl/N-ethyl adjacent to an activating group) is 1. The fraction of sp³-hybridized carbons (Fsp3) is 0.556. The maximum absolute atomic E-state index is 8.70. The number of hydrogen-bond donors (Lipinski definition) is 1. The van der Waals surface area contributed by atoms with Gasteiger partial charge in [-0.2, -0.15) is 11.3 Å². The summed E-state index contributed by atoms with van der Waals surface area (Å²) in [6.45, 7) is 4.05. The van der Waals surface area contributed by atoms with Gasteiger partial charge in [0, 0.05) is 13.1 Å². The van der Waals surface area contributed by atoms with Gasteiger partial charge in [-0.25, -0.2) is 0 Å². The van der Waals surface area contributed by atoms with E-state index in [-0.39, 0.29) is 6.61 Å². The lowest BCUT2D eigenvalue weighted by atomic mass is 10.2. The fourth-order valence-corrected chi connectivity index (χ4v) is 1.94. The van der Waals surface area contributed by atoms with Crippen LogP contribution in [-0.2, 0) is 6.54 Å². The highest BCUT2D eigenvalue weighted by molar-refractivity contribution is 7.08. The summed E-state index contributed by atoms with van der Waals surface area (Å²) in [5.41, 5.74) is 2.72. The summed E-state index contributed by atoms with van der Waals surface area (Å²) in [6, 6.07) is 0. The highest BCUT2D eigenvalue weighted by Gasteiger charge is 2.02. The molecule has 0 saturated heterocycles. The molecule has 1 N–H and O–H groups in total. The van der Waals surface area contributed by atoms with Gasteiger partial charge >= 0.3 is 0 Å². The van der Waals surface area contributed by atoms with Crippen molar-refractivity contribution in [2.75, 3.05) is 20.2 Å². The van der Waals surface area contributed by atoms with Crippen LogP contribution in [0, 0.1) is 6.92 Å². The standard InChI is InChI=1S/C9H15NOS/c1-8-6-12-7-9(8)5-10(2)3-4-11/h6-7,11H,3-5H2,1-2H3. The Morgan fingerprint density at radius 2 is 2.25 bits per heavy atom. The van der Waals surface area contributed by atoms with Crippen molar-refractivity contribution in [1.82, 2.24) is 4.90 Å². The molecule has 0 aliphatic rings. The molecule has 0 saturated carbocycles. The van der Waals surface area contributed by atoms with E-state index in [1.54, 1.807) is 11.3 Å². The molecule has 1 heterocycles. The Labute approximate surface area is 77.5 Å². The Balaban J connectivity index is 2.46. The number of aliphatic hydroxyl groups excluding tert-OH is 1. The SMILES string of the molecule is Cc1cscc1CN(C)CCO. The molecule has 0 unspecified atom stereocenters. The Kier molecular flexibility index (Phi) is 3.72. The molecule has 0 radical (unpaired) electrons. The Morgan fingerprint density at radius 1 is 1.50 bits per heavy atom. The molecule has 0 fully saturated rings. The van der Waals surface area contributed by atoms with Crippen molar-refractivity contribution in [2.45, 2.75) is 13.5 Å². The molecule has 1 rings (SSSR count). The minimum Gasteiger partial charge on any atom is -0.395 e. The van der Waals surface area contributed by atoms with E-state index in [1.165, 1.54) is 11.1 Å². The first kappa shape index (κ1) is 9.71. The second-order valence-electron chi connectivity index (χ2n) is 3.04. The third-order valence-corrected chi connectivity index (χ3v) is 2.79. The van der Waals surface area contributed by atoms with Crippen molar-refractivity contribution in [1.29, 1.82) is 0 Å². The van der Waals surface area contributed by atoms with Gasteiger partial charge < -0.3 is 5.11 Å². The monoisotopic (exact) mass is 185 g/mol. The smallest absolute Gasteiger partial charge is 0.0558 e. The van der Waals surface area contributed by atoms with Crippen LogP contribution < -0.4 is 0 Å². The Bertz CT molecular complexity index is 234. The minimum atomic E-state index is 0.236. The molecule has 0 amide bonds. The molecule has 0 aliphatic carbocycles. The van der Waals surface area contributed by atoms with Gasteiger partial charge in [-0.05, 0) is 35.9 Å². The van der Waals surface area contributed by atoms with Gasteiger partial charge in [-0.15, -0.1) is 0 Å². The van der Waals surface area contributed by atoms with Gasteiger partial charge in [-0.1, -0.05) is 0 Å². The summed E-state index contributed by atoms with van der Waals surface area (Å²) in [5.74, 6) is 0. The number of hydrogen-bond acceptors (Lipinski definition) is 3. The van der Waals surface area contributed by atoms with Gasteiger partial charge in [0.05, 0.1) is 6.61 Å². The Morgan fingerprint density at radius 3 is 2.75 bits per heavy atom. The van der Waals surface area contributed by atoms with Crippen molar-refractivity contribution in [3.05, 3.63) is 21.9 Å². The first-order chi connectivity index (χ1) is 5.74. The average Bonchev–Trinajstić information content (AvgIpc) is 2.37. The summed E-state index contributed by atoms with van der Waals surface area (Å²) >= 11 is 1.74. The van der Waals surface area contributed by atoms with Crippen molar-refractivity contribution in [2.24, 2.45) is 0 Å². The molecule has 0 aliphatic heterocycles. The van der Waals surface area contributed by atoms with Crippen LogP contribution in [0.1, 0.15) is 11.1 Å². The van der Waals surface area contributed by atoms with Crippen molar-refractivity contribution in [3.8, 4) is 0 Å². The molecule has 0 aromatic carbocycles. The number of rotatable bonds is 4. The topological polar surface area (TPSA) is 23.5 Å². The number of nitrogens with zero attached hydrogens (tertiary/aromatic N) is 1. The molecule has 0 spiro atoms. The van der Waals surface area contributed by atoms with Crippen LogP contribution in [0.5, 0.6) is 0 Å². The predicted octanol–water partition coefficient (Wildman–Crippen LogP) is 1.48. The lowest BCUT2D eigenvalue weighted by Gasteiger charge is -2.14. The largest absolute Gasteiger partial charge is 0.395 e. The zero-order valence-electron chi connectivity index (χ0n) is 7.58. The minimum absolute atomic E-state index is 0.236. The zero-order chi connectivity index (χ0) is 8.97. The zero-order valence-corrected chi connectivity index (χ0v) is 8.40. The first-order valence-corrected chi connectivity index (χ1v) is 4.99. The van der Waals surface area contributed by atoms with Crippen LogP contribution in [0.2, 0.25) is 0 Å². The normalized spacial score (nSPS) is 11.0. The van der Waals surface area contributed by atoms with Crippen LogP contribution in [0.15, 0.2) is 10.8 Å². The second kappa shape index (κ2) is 4.60. The van der Waals surface area contributed by atoms with E-state index in [0.29, 0.717) is 0 Å². The molecule has 1 aromatic rings. The lowest BCUT2D eigenvalue weighted by molar-refractivity contribution is 0.217. The number of aryl methyl sites for hydroxylation is 1. The quantitative estimate of drug-likeness (QED) is 0.768. The number of thiophene rings is 1. The van der Waals surface area contributed by atoms with Gasteiger partial charge in [-0.3, -0.25) is 4.90 Å². The summed E-state index contributed by atoms with van der Waals surface area (Å²) in [7, 11) is 2.02. The van der Waals surface area contributed by atoms with E-state index >= 15 is 0 Å². The van der Waals surface area contributed by atoms with Gasteiger partial charge in [0.25, 0.3) is 0 Å². The van der Waals surface area contributed by atoms with Gasteiger partial charge in [0.2, 0.25) is 0 Å². The molecule has 2 nitrogen and oxygen atoms in total. The maximum Gasteiger partial charge on any atom is 0.0558 e. The lowest BCUT2D eigenvalue weighted by Crippen LogP contribution is -2.21. The molecule has 0 bridgehead atoms. The maximum atomic E-state index is 8.70. The summed E-state index contributed by atoms with van der Waals surface area (Å²) < 4.78 is 0. The fourth-order valence-electron chi connectivity index (χ4n) is 1.09. The van der Waals surface area contributed by atoms with Crippen molar-refractivity contribution in [3.63, 3.8) is 0 Å². The average molecular weight is 185 g/mol. The predicted molar refractivity (Wildman–Crippen MR) is 52.5 cm³/mol. The Hall–Kier alpha value is -0.380. The van der Waals surface area contributed by atoms with Gasteiger partial charge in [0.1, 0.15) is 0 Å². The summed E-state index contributed by atoms with van der Waals surface area (Å²) in [5, 5.41) is 13.0. The van der Waals surface area contributed by atoms with E-state index in [1.807, 2.05) is 7.05 Å². The molecule has 0 atom stereocenters. The second-order valence-corrected chi connectivity index (χ2v) is 3.78. The van der Waals surface area contributed by atoms with E-state index in [9.17, 15) is 0 Å². The van der Waals surface area contributed by atoms with E-state index in [4.69, 9.17) is 5.11 Å². The molecule has 12 heavy (non-hydrogen) atoms.